The van der Waals surface area contributed by atoms with E-state index in [4.69, 9.17) is 14.5 Å². The molecule has 16 heteroatoms. The number of hydrogen-bond donors (Lipinski definition) is 4. The maximum absolute atomic E-state index is 14.7. The number of aromatic amines is 2. The highest BCUT2D eigenvalue weighted by Gasteiger charge is 2.75. The Bertz CT molecular complexity index is 2390. The minimum absolute atomic E-state index is 0.0518. The van der Waals surface area contributed by atoms with Gasteiger partial charge >= 0.3 is 12.2 Å². The second-order valence-electron chi connectivity index (χ2n) is 17.6. The Hall–Kier alpha value is -5.98. The molecule has 0 radical (unpaired) electrons. The number of imidazole rings is 2. The molecule has 4 amide bonds. The summed E-state index contributed by atoms with van der Waals surface area (Å²) < 4.78 is 38.9. The zero-order valence-corrected chi connectivity index (χ0v) is 34.5. The molecule has 4 fully saturated rings. The van der Waals surface area contributed by atoms with Crippen molar-refractivity contribution in [2.45, 2.75) is 89.9 Å². The monoisotopic (exact) mass is 824 g/mol. The summed E-state index contributed by atoms with van der Waals surface area (Å²) in [5.41, 5.74) is 3.32. The zero-order valence-electron chi connectivity index (χ0n) is 34.5. The topological polar surface area (TPSA) is 175 Å². The van der Waals surface area contributed by atoms with Crippen LogP contribution in [0.5, 0.6) is 0 Å². The van der Waals surface area contributed by atoms with Crippen LogP contribution in [0.3, 0.4) is 0 Å². The van der Waals surface area contributed by atoms with E-state index in [9.17, 15) is 28.0 Å². The van der Waals surface area contributed by atoms with Crippen molar-refractivity contribution in [1.82, 2.24) is 40.4 Å². The van der Waals surface area contributed by atoms with Crippen LogP contribution in [0.1, 0.15) is 94.7 Å². The molecule has 2 aromatic carbocycles. The number of methoxy groups -OCH3 is 2. The van der Waals surface area contributed by atoms with Crippen LogP contribution < -0.4 is 10.6 Å². The van der Waals surface area contributed by atoms with Crippen molar-refractivity contribution >= 4 is 35.0 Å². The van der Waals surface area contributed by atoms with Gasteiger partial charge in [0.05, 0.1) is 54.6 Å². The summed E-state index contributed by atoms with van der Waals surface area (Å²) in [6.07, 6.45) is 2.88. The van der Waals surface area contributed by atoms with E-state index >= 15 is 0 Å². The summed E-state index contributed by atoms with van der Waals surface area (Å²) in [7, 11) is 2.49. The number of ether oxygens (including phenoxy) is 2. The van der Waals surface area contributed by atoms with Gasteiger partial charge in [0, 0.05) is 30.6 Å². The molecule has 4 N–H and O–H groups in total. The number of hydrogen-bond acceptors (Lipinski definition) is 8. The Morgan fingerprint density at radius 2 is 1.37 bits per heavy atom. The molecule has 2 spiro atoms. The number of halogens is 2. The van der Waals surface area contributed by atoms with E-state index in [0.717, 1.165) is 47.0 Å². The molecule has 2 aromatic heterocycles. The number of fused-ring (bicyclic) bond motifs is 1. The van der Waals surface area contributed by atoms with Crippen molar-refractivity contribution in [3.05, 3.63) is 71.4 Å². The van der Waals surface area contributed by atoms with E-state index in [0.29, 0.717) is 23.9 Å². The SMILES string of the molecule is COC(=O)N[C@H](C(=O)N1C[C@]2(C[C@H]1c1ncc(-c3ccc(C#Cc4ccc5nc([C@@H]6CC7(CC7)CN6C(=O)[C@@H](NC(=O)OC)C(C)C)[nH]c5c4)cc3)[nH]1)CC2(F)F)C(C)C. The average Bonchev–Trinajstić information content (AvgIpc) is 3.64. The first-order valence-corrected chi connectivity index (χ1v) is 20.4. The molecule has 60 heavy (non-hydrogen) atoms. The summed E-state index contributed by atoms with van der Waals surface area (Å²) in [5.74, 6) is 3.62. The molecule has 0 unspecified atom stereocenters. The van der Waals surface area contributed by atoms with Gasteiger partial charge in [-0.2, -0.15) is 0 Å². The van der Waals surface area contributed by atoms with Gasteiger partial charge in [0.1, 0.15) is 23.7 Å². The van der Waals surface area contributed by atoms with Crippen molar-refractivity contribution in [3.8, 4) is 23.1 Å². The van der Waals surface area contributed by atoms with Gasteiger partial charge in [-0.3, -0.25) is 9.59 Å². The normalized spacial score (nSPS) is 23.1. The number of nitrogens with one attached hydrogen (secondary N) is 4. The van der Waals surface area contributed by atoms with Crippen LogP contribution in [-0.4, -0.2) is 99.1 Å². The van der Waals surface area contributed by atoms with Gasteiger partial charge in [-0.15, -0.1) is 0 Å². The molecule has 2 aliphatic carbocycles. The van der Waals surface area contributed by atoms with Gasteiger partial charge in [-0.1, -0.05) is 51.7 Å². The molecule has 4 aliphatic rings. The number of alkyl carbamates (subject to hydrolysis) is 2. The Balaban J connectivity index is 0.969. The van der Waals surface area contributed by atoms with Crippen molar-refractivity contribution in [2.75, 3.05) is 27.3 Å². The summed E-state index contributed by atoms with van der Waals surface area (Å²) in [4.78, 5) is 71.3. The molecule has 5 atom stereocenters. The Kier molecular flexibility index (Phi) is 10.4. The average molecular weight is 825 g/mol. The second-order valence-corrected chi connectivity index (χ2v) is 17.6. The predicted octanol–water partition coefficient (Wildman–Crippen LogP) is 6.47. The summed E-state index contributed by atoms with van der Waals surface area (Å²) in [6.45, 7) is 7.83. The lowest BCUT2D eigenvalue weighted by Crippen LogP contribution is -2.51. The summed E-state index contributed by atoms with van der Waals surface area (Å²) in [5, 5.41) is 5.29. The number of H-pyrrole nitrogens is 2. The maximum atomic E-state index is 14.7. The van der Waals surface area contributed by atoms with Crippen LogP contribution in [0, 0.1) is 34.5 Å². The van der Waals surface area contributed by atoms with Crippen LogP contribution in [0.4, 0.5) is 18.4 Å². The number of carbonyl (C=O) groups is 4. The fourth-order valence-corrected chi connectivity index (χ4v) is 8.85. The number of amides is 4. The highest BCUT2D eigenvalue weighted by Crippen LogP contribution is 2.68. The van der Waals surface area contributed by atoms with E-state index in [1.807, 2.05) is 61.2 Å². The molecule has 8 rings (SSSR count). The minimum Gasteiger partial charge on any atom is -0.453 e. The van der Waals surface area contributed by atoms with Crippen molar-refractivity contribution in [2.24, 2.45) is 22.7 Å². The van der Waals surface area contributed by atoms with E-state index in [-0.39, 0.29) is 48.6 Å². The first-order chi connectivity index (χ1) is 28.5. The molecule has 2 aliphatic heterocycles. The molecular weight excluding hydrogens is 775 g/mol. The Morgan fingerprint density at radius 1 is 0.800 bits per heavy atom. The third kappa shape index (κ3) is 7.65. The first kappa shape index (κ1) is 40.8. The van der Waals surface area contributed by atoms with Crippen LogP contribution in [0.15, 0.2) is 48.7 Å². The lowest BCUT2D eigenvalue weighted by molar-refractivity contribution is -0.136. The van der Waals surface area contributed by atoms with Crippen LogP contribution >= 0.6 is 0 Å². The molecule has 0 bridgehead atoms. The van der Waals surface area contributed by atoms with Crippen LogP contribution in [0.25, 0.3) is 22.3 Å². The van der Waals surface area contributed by atoms with E-state index in [1.54, 1.807) is 20.0 Å². The molecule has 2 saturated carbocycles. The number of rotatable bonds is 9. The van der Waals surface area contributed by atoms with Gasteiger partial charge in [-0.25, -0.2) is 28.3 Å². The summed E-state index contributed by atoms with van der Waals surface area (Å²) in [6, 6.07) is 10.6. The van der Waals surface area contributed by atoms with Crippen molar-refractivity contribution in [3.63, 3.8) is 0 Å². The number of carbonyl (C=O) groups excluding carboxylic acids is 4. The fourth-order valence-electron chi connectivity index (χ4n) is 8.85. The third-order valence-electron chi connectivity index (χ3n) is 12.7. The summed E-state index contributed by atoms with van der Waals surface area (Å²) >= 11 is 0. The molecule has 4 heterocycles. The highest BCUT2D eigenvalue weighted by atomic mass is 19.3. The fraction of sp³-hybridized carbons (Fsp3) is 0.500. The largest absolute Gasteiger partial charge is 0.453 e. The zero-order chi connectivity index (χ0) is 42.7. The van der Waals surface area contributed by atoms with Crippen LogP contribution in [0.2, 0.25) is 0 Å². The van der Waals surface area contributed by atoms with E-state index in [2.05, 4.69) is 37.4 Å². The van der Waals surface area contributed by atoms with E-state index in [1.165, 1.54) is 19.1 Å². The molecule has 316 valence electrons. The smallest absolute Gasteiger partial charge is 0.407 e. The van der Waals surface area contributed by atoms with Crippen molar-refractivity contribution < 1.29 is 37.4 Å². The van der Waals surface area contributed by atoms with Gasteiger partial charge in [0.2, 0.25) is 11.8 Å². The third-order valence-corrected chi connectivity index (χ3v) is 12.7. The Morgan fingerprint density at radius 3 is 1.93 bits per heavy atom. The number of alkyl halides is 2. The molecular formula is C44H50F2N8O6. The maximum Gasteiger partial charge on any atom is 0.407 e. The highest BCUT2D eigenvalue weighted by molar-refractivity contribution is 5.87. The Labute approximate surface area is 346 Å². The molecule has 2 saturated heterocycles. The quantitative estimate of drug-likeness (QED) is 0.139. The van der Waals surface area contributed by atoms with Crippen LogP contribution in [-0.2, 0) is 19.1 Å². The second kappa shape index (κ2) is 15.2. The van der Waals surface area contributed by atoms with Gasteiger partial charge < -0.3 is 39.9 Å². The van der Waals surface area contributed by atoms with Gasteiger partial charge in [0.15, 0.2) is 0 Å². The number of likely N-dealkylation sites (tertiary alicyclic amines) is 2. The van der Waals surface area contributed by atoms with E-state index < -0.39 is 47.6 Å². The number of nitrogens with zero attached hydrogens (tertiary/aromatic N) is 4. The standard InChI is InChI=1S/C44H50F2N8O6/c1-24(2)34(51-40(57)59-5)38(55)53-22-42(15-16-42)18-32(53)37-48-29-14-11-27(17-30(29)49-37)8-7-26-9-12-28(13-10-26)31-20-47-36(50-31)33-19-43(21-44(43,45)46)23-54(33)39(56)35(25(3)4)52-41(58)60-6/h9-14,17,20,24-25,32-35H,15-16,18-19,21-23H2,1-6H3,(H,47,50)(H,48,49)(H,51,57)(H,52,58)/t32-,33-,34-,35-,43-/m0/s1. The molecule has 4 aromatic rings. The number of benzene rings is 2. The predicted molar refractivity (Wildman–Crippen MR) is 216 cm³/mol. The lowest BCUT2D eigenvalue weighted by atomic mass is 10.0. The van der Waals surface area contributed by atoms with Gasteiger partial charge in [0.25, 0.3) is 5.92 Å². The number of aromatic nitrogens is 4. The van der Waals surface area contributed by atoms with Crippen molar-refractivity contribution in [1.29, 1.82) is 0 Å². The van der Waals surface area contributed by atoms with Gasteiger partial charge in [-0.05, 0) is 78.8 Å². The first-order valence-electron chi connectivity index (χ1n) is 20.4. The molecule has 14 nitrogen and oxygen atoms in total. The minimum atomic E-state index is -2.88. The lowest BCUT2D eigenvalue weighted by Gasteiger charge is -2.30.